The molecule has 1 aromatic carbocycles. The lowest BCUT2D eigenvalue weighted by molar-refractivity contribution is 0.415. The number of hydrogen-bond donors (Lipinski definition) is 1. The Morgan fingerprint density at radius 2 is 1.86 bits per heavy atom. The van der Waals surface area contributed by atoms with Crippen molar-refractivity contribution in [1.29, 1.82) is 0 Å². The highest BCUT2D eigenvalue weighted by Gasteiger charge is 2.15. The van der Waals surface area contributed by atoms with Gasteiger partial charge in [0.25, 0.3) is 0 Å². The van der Waals surface area contributed by atoms with Crippen LogP contribution in [0.3, 0.4) is 0 Å². The van der Waals surface area contributed by atoms with E-state index in [2.05, 4.69) is 18.4 Å². The van der Waals surface area contributed by atoms with Crippen molar-refractivity contribution in [1.82, 2.24) is 9.55 Å². The lowest BCUT2D eigenvalue weighted by Crippen LogP contribution is -2.07. The number of benzene rings is 1. The fourth-order valence-corrected chi connectivity index (χ4v) is 2.46. The molecule has 2 N–H and O–H groups in total. The number of nitrogen functional groups attached to an aromatic ring is 1. The first kappa shape index (κ1) is 15.4. The van der Waals surface area contributed by atoms with Crippen molar-refractivity contribution in [3.05, 3.63) is 30.1 Å². The van der Waals surface area contributed by atoms with Crippen LogP contribution in [0.15, 0.2) is 24.3 Å². The molecule has 0 aliphatic rings. The summed E-state index contributed by atoms with van der Waals surface area (Å²) in [4.78, 5) is 4.78. The Bertz CT molecular complexity index is 572. The van der Waals surface area contributed by atoms with E-state index in [1.807, 2.05) is 24.3 Å². The van der Waals surface area contributed by atoms with Crippen molar-refractivity contribution in [2.24, 2.45) is 0 Å². The number of hydrogen-bond acceptors (Lipinski definition) is 3. The molecule has 21 heavy (non-hydrogen) atoms. The first-order valence-electron chi connectivity index (χ1n) is 7.70. The van der Waals surface area contributed by atoms with Gasteiger partial charge in [-0.3, -0.25) is 0 Å². The maximum atomic E-state index is 6.35. The summed E-state index contributed by atoms with van der Waals surface area (Å²) >= 11 is 0. The fraction of sp³-hybridized carbons (Fsp3) is 0.471. The smallest absolute Gasteiger partial charge is 0.131 e. The lowest BCUT2D eigenvalue weighted by atomic mass is 10.1. The van der Waals surface area contributed by atoms with Gasteiger partial charge in [0, 0.05) is 18.5 Å². The van der Waals surface area contributed by atoms with E-state index >= 15 is 0 Å². The topological polar surface area (TPSA) is 53.1 Å². The lowest BCUT2D eigenvalue weighted by Gasteiger charge is -2.08. The zero-order valence-electron chi connectivity index (χ0n) is 13.2. The quantitative estimate of drug-likeness (QED) is 0.840. The second kappa shape index (κ2) is 7.16. The number of methoxy groups -OCH3 is 1. The third-order valence-electron chi connectivity index (χ3n) is 3.66. The zero-order chi connectivity index (χ0) is 15.2. The Morgan fingerprint density at radius 1 is 1.14 bits per heavy atom. The molecule has 0 saturated carbocycles. The Morgan fingerprint density at radius 3 is 2.43 bits per heavy atom. The number of aryl methyl sites for hydroxylation is 1. The molecule has 0 bridgehead atoms. The molecule has 0 saturated heterocycles. The van der Waals surface area contributed by atoms with E-state index in [0.29, 0.717) is 0 Å². The van der Waals surface area contributed by atoms with Crippen LogP contribution >= 0.6 is 0 Å². The van der Waals surface area contributed by atoms with Gasteiger partial charge >= 0.3 is 0 Å². The molecule has 0 fully saturated rings. The van der Waals surface area contributed by atoms with Gasteiger partial charge < -0.3 is 15.0 Å². The van der Waals surface area contributed by atoms with Crippen molar-refractivity contribution in [3.8, 4) is 17.0 Å². The maximum absolute atomic E-state index is 6.35. The van der Waals surface area contributed by atoms with E-state index in [-0.39, 0.29) is 0 Å². The monoisotopic (exact) mass is 287 g/mol. The van der Waals surface area contributed by atoms with Gasteiger partial charge in [-0.05, 0) is 37.1 Å². The number of nitrogens with zero attached hydrogens (tertiary/aromatic N) is 2. The Kier molecular flexibility index (Phi) is 5.26. The van der Waals surface area contributed by atoms with E-state index in [1.54, 1.807) is 7.11 Å². The molecule has 4 heteroatoms. The predicted octanol–water partition coefficient (Wildman–Crippen LogP) is 3.89. The predicted molar refractivity (Wildman–Crippen MR) is 87.5 cm³/mol. The van der Waals surface area contributed by atoms with Crippen LogP contribution < -0.4 is 10.5 Å². The number of ether oxygens (including phenoxy) is 1. The van der Waals surface area contributed by atoms with E-state index in [4.69, 9.17) is 15.5 Å². The molecular formula is C17H25N3O. The van der Waals surface area contributed by atoms with Crippen LogP contribution in [-0.4, -0.2) is 16.7 Å². The summed E-state index contributed by atoms with van der Waals surface area (Å²) < 4.78 is 7.37. The van der Waals surface area contributed by atoms with Gasteiger partial charge in [0.2, 0.25) is 0 Å². The van der Waals surface area contributed by atoms with E-state index in [0.717, 1.165) is 60.9 Å². The molecule has 0 amide bonds. The van der Waals surface area contributed by atoms with Gasteiger partial charge in [-0.15, -0.1) is 0 Å². The molecule has 0 atom stereocenters. The first-order valence-corrected chi connectivity index (χ1v) is 7.70. The molecule has 0 spiro atoms. The van der Waals surface area contributed by atoms with E-state index in [1.165, 1.54) is 0 Å². The first-order chi connectivity index (χ1) is 10.2. The van der Waals surface area contributed by atoms with Crippen molar-refractivity contribution >= 4 is 5.82 Å². The van der Waals surface area contributed by atoms with Gasteiger partial charge in [0.1, 0.15) is 23.1 Å². The summed E-state index contributed by atoms with van der Waals surface area (Å²) in [7, 11) is 1.67. The van der Waals surface area contributed by atoms with Crippen LogP contribution in [0.4, 0.5) is 5.82 Å². The minimum atomic E-state index is 0.775. The highest BCUT2D eigenvalue weighted by molar-refractivity contribution is 5.71. The molecule has 2 aromatic rings. The van der Waals surface area contributed by atoms with Crippen molar-refractivity contribution in [2.75, 3.05) is 12.8 Å². The molecule has 2 rings (SSSR count). The molecule has 0 aliphatic carbocycles. The van der Waals surface area contributed by atoms with Gasteiger partial charge in [-0.1, -0.05) is 20.3 Å². The Balaban J connectivity index is 2.37. The summed E-state index contributed by atoms with van der Waals surface area (Å²) in [5.74, 6) is 2.71. The van der Waals surface area contributed by atoms with Crippen LogP contribution in [0, 0.1) is 0 Å². The van der Waals surface area contributed by atoms with Crippen molar-refractivity contribution in [2.45, 2.75) is 46.1 Å². The molecule has 4 nitrogen and oxygen atoms in total. The Labute approximate surface area is 127 Å². The van der Waals surface area contributed by atoms with Crippen molar-refractivity contribution in [3.63, 3.8) is 0 Å². The standard InChI is InChI=1S/C17H25N3O/c1-4-6-12-20-15(7-5-2)19-16(17(20)18)13-8-10-14(21-3)11-9-13/h8-11H,4-7,12,18H2,1-3H3. The molecule has 1 aromatic heterocycles. The summed E-state index contributed by atoms with van der Waals surface area (Å²) in [6, 6.07) is 7.91. The third kappa shape index (κ3) is 3.38. The number of imidazole rings is 1. The molecule has 114 valence electrons. The molecular weight excluding hydrogens is 262 g/mol. The second-order valence-corrected chi connectivity index (χ2v) is 5.25. The fourth-order valence-electron chi connectivity index (χ4n) is 2.46. The summed E-state index contributed by atoms with van der Waals surface area (Å²) in [5, 5.41) is 0. The second-order valence-electron chi connectivity index (χ2n) is 5.25. The van der Waals surface area contributed by atoms with E-state index < -0.39 is 0 Å². The van der Waals surface area contributed by atoms with Crippen LogP contribution in [0.25, 0.3) is 11.3 Å². The van der Waals surface area contributed by atoms with Gasteiger partial charge in [-0.2, -0.15) is 0 Å². The number of unbranched alkanes of at least 4 members (excludes halogenated alkanes) is 1. The Hall–Kier alpha value is -1.97. The average Bonchev–Trinajstić information content (AvgIpc) is 2.82. The maximum Gasteiger partial charge on any atom is 0.131 e. The van der Waals surface area contributed by atoms with Crippen LogP contribution in [0.2, 0.25) is 0 Å². The van der Waals surface area contributed by atoms with E-state index in [9.17, 15) is 0 Å². The van der Waals surface area contributed by atoms with Crippen molar-refractivity contribution < 1.29 is 4.74 Å². The highest BCUT2D eigenvalue weighted by Crippen LogP contribution is 2.28. The molecule has 0 aliphatic heterocycles. The number of anilines is 1. The number of rotatable bonds is 7. The summed E-state index contributed by atoms with van der Waals surface area (Å²) in [6.07, 6.45) is 4.31. The van der Waals surface area contributed by atoms with Gasteiger partial charge in [0.05, 0.1) is 7.11 Å². The average molecular weight is 287 g/mol. The molecule has 0 radical (unpaired) electrons. The third-order valence-corrected chi connectivity index (χ3v) is 3.66. The minimum absolute atomic E-state index is 0.775. The van der Waals surface area contributed by atoms with Gasteiger partial charge in [0.15, 0.2) is 0 Å². The highest BCUT2D eigenvalue weighted by atomic mass is 16.5. The number of aromatic nitrogens is 2. The molecule has 0 unspecified atom stereocenters. The van der Waals surface area contributed by atoms with Crippen LogP contribution in [0.5, 0.6) is 5.75 Å². The largest absolute Gasteiger partial charge is 0.497 e. The zero-order valence-corrected chi connectivity index (χ0v) is 13.2. The van der Waals surface area contributed by atoms with Gasteiger partial charge in [-0.25, -0.2) is 4.98 Å². The summed E-state index contributed by atoms with van der Waals surface area (Å²) in [6.45, 7) is 5.31. The normalized spacial score (nSPS) is 10.8. The molecule has 1 heterocycles. The van der Waals surface area contributed by atoms with Crippen LogP contribution in [0.1, 0.15) is 38.9 Å². The number of nitrogens with two attached hydrogens (primary N) is 1. The SMILES string of the molecule is CCCCn1c(CCC)nc(-c2ccc(OC)cc2)c1N. The summed E-state index contributed by atoms with van der Waals surface area (Å²) in [5.41, 5.74) is 8.28. The minimum Gasteiger partial charge on any atom is -0.497 e. The van der Waals surface area contributed by atoms with Crippen LogP contribution in [-0.2, 0) is 13.0 Å².